The lowest BCUT2D eigenvalue weighted by molar-refractivity contribution is -0.141. The first-order chi connectivity index (χ1) is 11.3. The van der Waals surface area contributed by atoms with Gasteiger partial charge < -0.3 is 9.47 Å². The van der Waals surface area contributed by atoms with Crippen molar-refractivity contribution in [3.63, 3.8) is 0 Å². The van der Waals surface area contributed by atoms with E-state index in [4.69, 9.17) is 9.47 Å². The maximum Gasteiger partial charge on any atom is 0.434 e. The molecule has 5 nitrogen and oxygen atoms in total. The number of aromatic nitrogens is 1. The zero-order chi connectivity index (χ0) is 17.9. The maximum atomic E-state index is 13.4. The summed E-state index contributed by atoms with van der Waals surface area (Å²) >= 11 is 0. The number of para-hydroxylation sites is 1. The van der Waals surface area contributed by atoms with Crippen molar-refractivity contribution in [2.24, 2.45) is 0 Å². The molecule has 0 bridgehead atoms. The number of rotatable bonds is 4. The smallest absolute Gasteiger partial charge is 0.434 e. The normalized spacial score (nSPS) is 11.4. The SMILES string of the molecule is CCOC(=O)c1c(C(F)(F)F)nc2ccccc2c1C(=O)OCC. The van der Waals surface area contributed by atoms with Crippen LogP contribution in [0.15, 0.2) is 24.3 Å². The second kappa shape index (κ2) is 6.86. The van der Waals surface area contributed by atoms with Gasteiger partial charge in [0.05, 0.1) is 24.3 Å². The molecule has 24 heavy (non-hydrogen) atoms. The van der Waals surface area contributed by atoms with E-state index in [1.54, 1.807) is 0 Å². The highest BCUT2D eigenvalue weighted by molar-refractivity contribution is 6.12. The summed E-state index contributed by atoms with van der Waals surface area (Å²) in [5, 5.41) is 0.0898. The molecule has 0 atom stereocenters. The molecule has 2 rings (SSSR count). The van der Waals surface area contributed by atoms with Crippen LogP contribution in [0.4, 0.5) is 13.2 Å². The zero-order valence-corrected chi connectivity index (χ0v) is 12.9. The van der Waals surface area contributed by atoms with Crippen LogP contribution >= 0.6 is 0 Å². The molecule has 0 radical (unpaired) electrons. The van der Waals surface area contributed by atoms with Crippen LogP contribution in [0, 0.1) is 0 Å². The molecule has 1 aromatic carbocycles. The topological polar surface area (TPSA) is 65.5 Å². The fourth-order valence-corrected chi connectivity index (χ4v) is 2.23. The third-order valence-electron chi connectivity index (χ3n) is 3.12. The highest BCUT2D eigenvalue weighted by Gasteiger charge is 2.41. The summed E-state index contributed by atoms with van der Waals surface area (Å²) in [5.74, 6) is -2.31. The lowest BCUT2D eigenvalue weighted by Gasteiger charge is -2.16. The molecular weight excluding hydrogens is 327 g/mol. The lowest BCUT2D eigenvalue weighted by Crippen LogP contribution is -2.23. The summed E-state index contributed by atoms with van der Waals surface area (Å²) < 4.78 is 49.7. The highest BCUT2D eigenvalue weighted by atomic mass is 19.4. The van der Waals surface area contributed by atoms with Gasteiger partial charge in [-0.25, -0.2) is 14.6 Å². The monoisotopic (exact) mass is 341 g/mol. The minimum absolute atomic E-state index is 0.0564. The third kappa shape index (κ3) is 3.32. The second-order valence-electron chi connectivity index (χ2n) is 4.67. The quantitative estimate of drug-likeness (QED) is 0.795. The molecule has 8 heteroatoms. The average molecular weight is 341 g/mol. The number of hydrogen-bond donors (Lipinski definition) is 0. The predicted octanol–water partition coefficient (Wildman–Crippen LogP) is 3.61. The van der Waals surface area contributed by atoms with Crippen molar-refractivity contribution < 1.29 is 32.2 Å². The van der Waals surface area contributed by atoms with Crippen molar-refractivity contribution in [3.8, 4) is 0 Å². The Bertz CT molecular complexity index is 787. The van der Waals surface area contributed by atoms with Gasteiger partial charge in [0.2, 0.25) is 0 Å². The number of pyridine rings is 1. The van der Waals surface area contributed by atoms with Crippen molar-refractivity contribution in [3.05, 3.63) is 41.1 Å². The van der Waals surface area contributed by atoms with Gasteiger partial charge in [-0.3, -0.25) is 0 Å². The molecule has 0 spiro atoms. The Labute approximate surface area is 135 Å². The second-order valence-corrected chi connectivity index (χ2v) is 4.67. The van der Waals surface area contributed by atoms with Crippen LogP contribution in [0.2, 0.25) is 0 Å². The summed E-state index contributed by atoms with van der Waals surface area (Å²) in [6, 6.07) is 5.73. The van der Waals surface area contributed by atoms with E-state index in [-0.39, 0.29) is 24.1 Å². The van der Waals surface area contributed by atoms with Crippen LogP contribution in [0.25, 0.3) is 10.9 Å². The molecule has 0 aliphatic carbocycles. The van der Waals surface area contributed by atoms with Crippen LogP contribution in [-0.4, -0.2) is 30.1 Å². The molecule has 2 aromatic rings. The minimum Gasteiger partial charge on any atom is -0.462 e. The number of hydrogen-bond acceptors (Lipinski definition) is 5. The molecule has 1 heterocycles. The fourth-order valence-electron chi connectivity index (χ4n) is 2.23. The molecule has 0 fully saturated rings. The summed E-state index contributed by atoms with van der Waals surface area (Å²) in [6.07, 6.45) is -4.94. The number of alkyl halides is 3. The van der Waals surface area contributed by atoms with Crippen LogP contribution in [0.3, 0.4) is 0 Å². The van der Waals surface area contributed by atoms with E-state index >= 15 is 0 Å². The van der Waals surface area contributed by atoms with Crippen molar-refractivity contribution in [1.29, 1.82) is 0 Å². The van der Waals surface area contributed by atoms with E-state index in [1.165, 1.54) is 38.1 Å². The summed E-state index contributed by atoms with van der Waals surface area (Å²) in [6.45, 7) is 2.75. The fraction of sp³-hybridized carbons (Fsp3) is 0.312. The summed E-state index contributed by atoms with van der Waals surface area (Å²) in [5.41, 5.74) is -2.96. The average Bonchev–Trinajstić information content (AvgIpc) is 2.52. The van der Waals surface area contributed by atoms with Crippen LogP contribution in [0.1, 0.15) is 40.3 Å². The van der Waals surface area contributed by atoms with E-state index < -0.39 is 34.9 Å². The molecular formula is C16H14F3NO4. The molecule has 0 amide bonds. The molecule has 0 saturated carbocycles. The van der Waals surface area contributed by atoms with E-state index in [0.29, 0.717) is 0 Å². The van der Waals surface area contributed by atoms with Gasteiger partial charge in [0, 0.05) is 5.39 Å². The standard InChI is InChI=1S/C16H14F3NO4/c1-3-23-14(21)11-9-7-5-6-8-10(9)20-13(16(17,18)19)12(11)15(22)24-4-2/h5-8H,3-4H2,1-2H3. The maximum absolute atomic E-state index is 13.4. The van der Waals surface area contributed by atoms with Crippen molar-refractivity contribution in [2.75, 3.05) is 13.2 Å². The number of carbonyl (C=O) groups is 2. The van der Waals surface area contributed by atoms with Crippen LogP contribution < -0.4 is 0 Å². The zero-order valence-electron chi connectivity index (χ0n) is 12.9. The summed E-state index contributed by atoms with van der Waals surface area (Å²) in [4.78, 5) is 27.9. The van der Waals surface area contributed by atoms with Crippen molar-refractivity contribution >= 4 is 22.8 Å². The number of halogens is 3. The van der Waals surface area contributed by atoms with Gasteiger partial charge in [-0.15, -0.1) is 0 Å². The van der Waals surface area contributed by atoms with Crippen LogP contribution in [0.5, 0.6) is 0 Å². The Hall–Kier alpha value is -2.64. The Morgan fingerprint density at radius 3 is 2.08 bits per heavy atom. The molecule has 0 N–H and O–H groups in total. The highest BCUT2D eigenvalue weighted by Crippen LogP contribution is 2.35. The predicted molar refractivity (Wildman–Crippen MR) is 78.7 cm³/mol. The minimum atomic E-state index is -4.94. The van der Waals surface area contributed by atoms with Gasteiger partial charge in [-0.05, 0) is 19.9 Å². The first kappa shape index (κ1) is 17.7. The Balaban J connectivity index is 2.91. The largest absolute Gasteiger partial charge is 0.462 e. The van der Waals surface area contributed by atoms with E-state index in [0.717, 1.165) is 0 Å². The van der Waals surface area contributed by atoms with Gasteiger partial charge >= 0.3 is 18.1 Å². The molecule has 0 aliphatic rings. The molecule has 1 aromatic heterocycles. The Morgan fingerprint density at radius 1 is 1.00 bits per heavy atom. The molecule has 0 unspecified atom stereocenters. The summed E-state index contributed by atoms with van der Waals surface area (Å²) in [7, 11) is 0. The van der Waals surface area contributed by atoms with Gasteiger partial charge in [0.15, 0.2) is 5.69 Å². The van der Waals surface area contributed by atoms with Crippen molar-refractivity contribution in [2.45, 2.75) is 20.0 Å². The molecule has 128 valence electrons. The van der Waals surface area contributed by atoms with E-state index in [2.05, 4.69) is 4.98 Å². The Morgan fingerprint density at radius 2 is 1.54 bits per heavy atom. The lowest BCUT2D eigenvalue weighted by atomic mass is 9.99. The molecule has 0 saturated heterocycles. The van der Waals surface area contributed by atoms with Gasteiger partial charge in [-0.1, -0.05) is 18.2 Å². The number of carbonyl (C=O) groups excluding carboxylic acids is 2. The van der Waals surface area contributed by atoms with E-state index in [1.807, 2.05) is 0 Å². The number of nitrogens with zero attached hydrogens (tertiary/aromatic N) is 1. The van der Waals surface area contributed by atoms with Gasteiger partial charge in [-0.2, -0.15) is 13.2 Å². The first-order valence-corrected chi connectivity index (χ1v) is 7.15. The van der Waals surface area contributed by atoms with Crippen molar-refractivity contribution in [1.82, 2.24) is 4.98 Å². The number of esters is 2. The number of benzene rings is 1. The first-order valence-electron chi connectivity index (χ1n) is 7.15. The van der Waals surface area contributed by atoms with Gasteiger partial charge in [0.25, 0.3) is 0 Å². The van der Waals surface area contributed by atoms with E-state index in [9.17, 15) is 22.8 Å². The van der Waals surface area contributed by atoms with Gasteiger partial charge in [0.1, 0.15) is 5.56 Å². The number of fused-ring (bicyclic) bond motifs is 1. The third-order valence-corrected chi connectivity index (χ3v) is 3.12. The Kier molecular flexibility index (Phi) is 5.06. The number of ether oxygens (including phenoxy) is 2. The molecule has 0 aliphatic heterocycles. The van der Waals surface area contributed by atoms with Crippen LogP contribution in [-0.2, 0) is 15.7 Å².